The fourth-order valence-corrected chi connectivity index (χ4v) is 6.06. The van der Waals surface area contributed by atoms with Crippen LogP contribution in [0.3, 0.4) is 0 Å². The Balaban J connectivity index is 1.63. The van der Waals surface area contributed by atoms with Gasteiger partial charge in [-0.3, -0.25) is 14.4 Å². The SMILES string of the molecule is CC(=O)Nc1cc(N=Nc2snc3ccc(S(N)(=O)=O)cc23)cc(NC(C)=O)c1OC(C(=O)c1ccccc1)c1cc(C)ccc1Cl. The van der Waals surface area contributed by atoms with Crippen LogP contribution in [0, 0.1) is 6.92 Å². The van der Waals surface area contributed by atoms with Crippen molar-refractivity contribution in [2.45, 2.75) is 31.8 Å². The Hall–Kier alpha value is -5.02. The van der Waals surface area contributed by atoms with Crippen molar-refractivity contribution < 1.29 is 27.5 Å². The number of carbonyl (C=O) groups is 3. The van der Waals surface area contributed by atoms with Crippen LogP contribution in [0.1, 0.15) is 41.4 Å². The number of amides is 2. The van der Waals surface area contributed by atoms with Crippen LogP contribution >= 0.6 is 23.1 Å². The first-order chi connectivity index (χ1) is 22.3. The van der Waals surface area contributed by atoms with Gasteiger partial charge in [-0.2, -0.15) is 4.37 Å². The first-order valence-electron chi connectivity index (χ1n) is 13.9. The minimum absolute atomic E-state index is 0.0257. The molecule has 47 heavy (non-hydrogen) atoms. The van der Waals surface area contributed by atoms with Gasteiger partial charge in [-0.05, 0) is 54.9 Å². The number of carbonyl (C=O) groups excluding carboxylic acids is 3. The highest BCUT2D eigenvalue weighted by Gasteiger charge is 2.29. The maximum absolute atomic E-state index is 13.9. The Morgan fingerprint density at radius 3 is 2.19 bits per heavy atom. The van der Waals surface area contributed by atoms with Crippen LogP contribution in [0.25, 0.3) is 10.9 Å². The average molecular weight is 691 g/mol. The number of nitrogens with one attached hydrogen (secondary N) is 2. The van der Waals surface area contributed by atoms with E-state index in [0.29, 0.717) is 22.0 Å². The molecule has 1 atom stereocenters. The number of fused-ring (bicyclic) bond motifs is 1. The number of nitrogens with zero attached hydrogens (tertiary/aromatic N) is 3. The molecule has 15 heteroatoms. The predicted molar refractivity (Wildman–Crippen MR) is 181 cm³/mol. The normalized spacial score (nSPS) is 12.2. The van der Waals surface area contributed by atoms with E-state index in [4.69, 9.17) is 21.5 Å². The molecular formula is C32H27ClN6O6S2. The quantitative estimate of drug-likeness (QED) is 0.102. The van der Waals surface area contributed by atoms with Gasteiger partial charge in [0.15, 0.2) is 16.9 Å². The summed E-state index contributed by atoms with van der Waals surface area (Å²) in [7, 11) is -3.98. The van der Waals surface area contributed by atoms with Crippen LogP contribution in [-0.2, 0) is 19.6 Å². The third-order valence-corrected chi connectivity index (χ3v) is 8.69. The molecular weight excluding hydrogens is 664 g/mol. The molecule has 4 N–H and O–H groups in total. The lowest BCUT2D eigenvalue weighted by atomic mass is 9.98. The number of hydrogen-bond acceptors (Lipinski definition) is 10. The van der Waals surface area contributed by atoms with Crippen LogP contribution in [0.15, 0.2) is 94.0 Å². The number of halogens is 1. The van der Waals surface area contributed by atoms with Crippen molar-refractivity contribution in [3.63, 3.8) is 0 Å². The molecule has 5 aromatic rings. The van der Waals surface area contributed by atoms with Crippen molar-refractivity contribution in [3.05, 3.63) is 101 Å². The summed E-state index contributed by atoms with van der Waals surface area (Å²) in [6.45, 7) is 4.41. The molecule has 0 aliphatic rings. The van der Waals surface area contributed by atoms with Crippen molar-refractivity contribution in [2.24, 2.45) is 15.4 Å². The molecule has 0 saturated heterocycles. The van der Waals surface area contributed by atoms with Gasteiger partial charge in [-0.1, -0.05) is 59.6 Å². The Labute approximate surface area is 278 Å². The lowest BCUT2D eigenvalue weighted by Gasteiger charge is -2.24. The third-order valence-electron chi connectivity index (χ3n) is 6.67. The highest BCUT2D eigenvalue weighted by Crippen LogP contribution is 2.43. The number of rotatable bonds is 10. The zero-order chi connectivity index (χ0) is 33.9. The zero-order valence-electron chi connectivity index (χ0n) is 25.1. The summed E-state index contributed by atoms with van der Waals surface area (Å²) in [4.78, 5) is 38.5. The average Bonchev–Trinajstić information content (AvgIpc) is 3.42. The van der Waals surface area contributed by atoms with Gasteiger partial charge < -0.3 is 15.4 Å². The molecule has 0 aliphatic heterocycles. The molecule has 4 aromatic carbocycles. The lowest BCUT2D eigenvalue weighted by Crippen LogP contribution is -2.22. The Kier molecular flexibility index (Phi) is 9.77. The number of aromatic nitrogens is 1. The number of benzene rings is 4. The summed E-state index contributed by atoms with van der Waals surface area (Å²) in [5.41, 5.74) is 2.38. The van der Waals surface area contributed by atoms with Crippen LogP contribution < -0.4 is 20.5 Å². The van der Waals surface area contributed by atoms with E-state index in [0.717, 1.165) is 17.1 Å². The summed E-state index contributed by atoms with van der Waals surface area (Å²) in [6.07, 6.45) is -1.28. The van der Waals surface area contributed by atoms with E-state index in [9.17, 15) is 22.8 Å². The Bertz CT molecular complexity index is 2130. The smallest absolute Gasteiger partial charge is 0.238 e. The van der Waals surface area contributed by atoms with E-state index in [-0.39, 0.29) is 37.7 Å². The molecule has 1 heterocycles. The second kappa shape index (κ2) is 13.8. The minimum atomic E-state index is -3.98. The van der Waals surface area contributed by atoms with Gasteiger partial charge >= 0.3 is 0 Å². The molecule has 5 rings (SSSR count). The molecule has 240 valence electrons. The topological polar surface area (TPSA) is 182 Å². The monoisotopic (exact) mass is 690 g/mol. The minimum Gasteiger partial charge on any atom is -0.473 e. The van der Waals surface area contributed by atoms with Crippen molar-refractivity contribution in [3.8, 4) is 5.75 Å². The number of ether oxygens (including phenoxy) is 1. The molecule has 2 amide bonds. The fraction of sp³-hybridized carbons (Fsp3) is 0.125. The number of anilines is 2. The molecule has 1 unspecified atom stereocenters. The standard InChI is InChI=1S/C32H27ClN6O6S2/c1-17-9-11-25(33)23(13-17)30(29(42)20-7-5-4-6-8-20)45-31-27(35-18(2)40)14-21(15-28(31)36-19(3)41)37-38-32-24-16-22(47(34,43)44)10-12-26(24)39-46-32/h4-16,30H,1-3H3,(H,35,40)(H,36,41)(H2,34,43,44). The van der Waals surface area contributed by atoms with Gasteiger partial charge in [0.05, 0.1) is 27.5 Å². The number of aryl methyl sites for hydroxylation is 1. The number of ketones is 1. The largest absolute Gasteiger partial charge is 0.473 e. The highest BCUT2D eigenvalue weighted by molar-refractivity contribution is 7.89. The maximum atomic E-state index is 13.9. The van der Waals surface area contributed by atoms with Gasteiger partial charge in [0.2, 0.25) is 27.6 Å². The van der Waals surface area contributed by atoms with E-state index in [1.807, 2.05) is 6.92 Å². The lowest BCUT2D eigenvalue weighted by molar-refractivity contribution is -0.115. The second-order valence-corrected chi connectivity index (χ2v) is 13.1. The van der Waals surface area contributed by atoms with E-state index in [1.165, 1.54) is 44.2 Å². The molecule has 0 spiro atoms. The zero-order valence-corrected chi connectivity index (χ0v) is 27.5. The summed E-state index contributed by atoms with van der Waals surface area (Å²) in [5, 5.41) is 20.2. The van der Waals surface area contributed by atoms with Crippen LogP contribution in [0.2, 0.25) is 5.02 Å². The van der Waals surface area contributed by atoms with Crippen LogP contribution in [0.5, 0.6) is 5.75 Å². The van der Waals surface area contributed by atoms with Gasteiger partial charge in [0, 0.05) is 35.4 Å². The van der Waals surface area contributed by atoms with E-state index >= 15 is 0 Å². The number of hydrogen-bond donors (Lipinski definition) is 3. The number of nitrogens with two attached hydrogens (primary N) is 1. The molecule has 1 aromatic heterocycles. The molecule has 0 aliphatic carbocycles. The summed E-state index contributed by atoms with van der Waals surface area (Å²) < 4.78 is 34.5. The van der Waals surface area contributed by atoms with Crippen LogP contribution in [0.4, 0.5) is 22.1 Å². The number of Topliss-reactive ketones (excluding diaryl/α,β-unsaturated/α-hetero) is 1. The van der Waals surface area contributed by atoms with Crippen LogP contribution in [-0.4, -0.2) is 30.4 Å². The second-order valence-electron chi connectivity index (χ2n) is 10.4. The summed E-state index contributed by atoms with van der Waals surface area (Å²) in [6, 6.07) is 20.8. The van der Waals surface area contributed by atoms with Crippen molar-refractivity contribution in [1.82, 2.24) is 4.37 Å². The summed E-state index contributed by atoms with van der Waals surface area (Å²) in [5.74, 6) is -1.38. The van der Waals surface area contributed by atoms with E-state index < -0.39 is 33.7 Å². The molecule has 0 saturated carbocycles. The van der Waals surface area contributed by atoms with Gasteiger partial charge in [-0.25, -0.2) is 13.6 Å². The van der Waals surface area contributed by atoms with Crippen molar-refractivity contribution in [2.75, 3.05) is 10.6 Å². The molecule has 0 fully saturated rings. The maximum Gasteiger partial charge on any atom is 0.238 e. The van der Waals surface area contributed by atoms with E-state index in [1.54, 1.807) is 48.5 Å². The Morgan fingerprint density at radius 2 is 1.57 bits per heavy atom. The summed E-state index contributed by atoms with van der Waals surface area (Å²) >= 11 is 7.57. The number of sulfonamides is 1. The van der Waals surface area contributed by atoms with Crippen molar-refractivity contribution >= 4 is 83.7 Å². The fourth-order valence-electron chi connectivity index (χ4n) is 4.62. The Morgan fingerprint density at radius 1 is 0.915 bits per heavy atom. The number of azo groups is 1. The highest BCUT2D eigenvalue weighted by atomic mass is 35.5. The first kappa shape index (κ1) is 33.3. The molecule has 12 nitrogen and oxygen atoms in total. The van der Waals surface area contributed by atoms with Crippen molar-refractivity contribution in [1.29, 1.82) is 0 Å². The van der Waals surface area contributed by atoms with Gasteiger partial charge in [-0.15, -0.1) is 10.2 Å². The molecule has 0 bridgehead atoms. The van der Waals surface area contributed by atoms with E-state index in [2.05, 4.69) is 25.2 Å². The van der Waals surface area contributed by atoms with Gasteiger partial charge in [0.25, 0.3) is 0 Å². The number of primary sulfonamides is 1. The first-order valence-corrected chi connectivity index (χ1v) is 16.6. The molecule has 0 radical (unpaired) electrons. The predicted octanol–water partition coefficient (Wildman–Crippen LogP) is 7.24. The van der Waals surface area contributed by atoms with Gasteiger partial charge in [0.1, 0.15) is 0 Å². The third kappa shape index (κ3) is 7.86.